The molecule has 1 saturated heterocycles. The van der Waals surface area contributed by atoms with Gasteiger partial charge >= 0.3 is 0 Å². The predicted molar refractivity (Wildman–Crippen MR) is 137 cm³/mol. The first-order valence-corrected chi connectivity index (χ1v) is 11.7. The van der Waals surface area contributed by atoms with Crippen LogP contribution < -0.4 is 11.5 Å². The van der Waals surface area contributed by atoms with Crippen molar-refractivity contribution >= 4 is 28.6 Å². The molecule has 0 spiro atoms. The molecule has 0 saturated carbocycles. The molecule has 3 heterocycles. The fraction of sp³-hybridized carbons (Fsp3) is 0.269. The number of piperazine rings is 1. The number of hydrogen-bond donors (Lipinski definition) is 2. The minimum absolute atomic E-state index is 0.0541. The summed E-state index contributed by atoms with van der Waals surface area (Å²) in [4.78, 5) is 34.1. The van der Waals surface area contributed by atoms with E-state index in [2.05, 4.69) is 37.0 Å². The van der Waals surface area contributed by atoms with Crippen LogP contribution in [0.5, 0.6) is 0 Å². The van der Waals surface area contributed by atoms with Crippen LogP contribution in [-0.4, -0.2) is 68.5 Å². The molecular formula is C26H28N8O2. The first-order chi connectivity index (χ1) is 17.5. The molecule has 1 fully saturated rings. The Morgan fingerprint density at radius 3 is 2.56 bits per heavy atom. The number of nitrogens with two attached hydrogens (primary N) is 2. The number of benzene rings is 2. The first-order valence-electron chi connectivity index (χ1n) is 11.7. The van der Waals surface area contributed by atoms with Crippen LogP contribution in [-0.2, 0) is 22.6 Å². The van der Waals surface area contributed by atoms with Crippen molar-refractivity contribution in [2.24, 2.45) is 0 Å². The van der Waals surface area contributed by atoms with Crippen molar-refractivity contribution in [1.82, 2.24) is 29.7 Å². The molecule has 0 bridgehead atoms. The van der Waals surface area contributed by atoms with Gasteiger partial charge in [0, 0.05) is 50.4 Å². The zero-order valence-corrected chi connectivity index (χ0v) is 20.0. The van der Waals surface area contributed by atoms with Crippen LogP contribution in [0.3, 0.4) is 0 Å². The van der Waals surface area contributed by atoms with Crippen molar-refractivity contribution in [2.75, 3.05) is 38.3 Å². The van der Waals surface area contributed by atoms with Gasteiger partial charge in [0.1, 0.15) is 18.2 Å². The van der Waals surface area contributed by atoms with Gasteiger partial charge in [-0.1, -0.05) is 30.3 Å². The summed E-state index contributed by atoms with van der Waals surface area (Å²) in [6.45, 7) is 2.85. The maximum Gasteiger partial charge on any atom is 0.242 e. The molecule has 5 rings (SSSR count). The van der Waals surface area contributed by atoms with Crippen LogP contribution in [0.2, 0.25) is 0 Å². The van der Waals surface area contributed by atoms with Crippen molar-refractivity contribution in [3.05, 3.63) is 72.2 Å². The van der Waals surface area contributed by atoms with E-state index in [0.717, 1.165) is 39.8 Å². The van der Waals surface area contributed by atoms with Crippen LogP contribution in [0.1, 0.15) is 11.1 Å². The van der Waals surface area contributed by atoms with Gasteiger partial charge < -0.3 is 21.1 Å². The first kappa shape index (κ1) is 23.6. The Kier molecular flexibility index (Phi) is 6.70. The number of aromatic nitrogens is 4. The van der Waals surface area contributed by atoms with Crippen molar-refractivity contribution in [2.45, 2.75) is 19.1 Å². The van der Waals surface area contributed by atoms with E-state index < -0.39 is 0 Å². The van der Waals surface area contributed by atoms with E-state index in [1.165, 1.54) is 6.33 Å². The molecule has 1 amide bonds. The maximum atomic E-state index is 13.4. The molecule has 0 unspecified atom stereocenters. The lowest BCUT2D eigenvalue weighted by Crippen LogP contribution is -2.57. The van der Waals surface area contributed by atoms with Crippen molar-refractivity contribution in [3.63, 3.8) is 0 Å². The number of nitrogen functional groups attached to an aromatic ring is 2. The Labute approximate surface area is 208 Å². The standard InChI is InChI=1S/C26H28N8O2/c1-36-15-23-25(35)34(14-18-4-7-20-22(12-18)30-16-31-24(20)27)11-10-33(23)13-17-2-5-19(6-3-17)21-8-9-29-26(28)32-21/h2-9,12,16,23H,10-11,13-15H2,1H3,(H2,27,30,31)(H2,28,29,32)/t23-/m0/s1. The summed E-state index contributed by atoms with van der Waals surface area (Å²) in [5, 5.41) is 0.809. The van der Waals surface area contributed by atoms with Crippen LogP contribution >= 0.6 is 0 Å². The minimum atomic E-state index is -0.358. The lowest BCUT2D eigenvalue weighted by Gasteiger charge is -2.40. The highest BCUT2D eigenvalue weighted by molar-refractivity contribution is 5.88. The number of rotatable bonds is 7. The topological polar surface area (TPSA) is 136 Å². The zero-order chi connectivity index (χ0) is 25.1. The molecule has 10 heteroatoms. The normalized spacial score (nSPS) is 16.5. The summed E-state index contributed by atoms with van der Waals surface area (Å²) in [6, 6.07) is 15.4. The fourth-order valence-corrected chi connectivity index (χ4v) is 4.56. The van der Waals surface area contributed by atoms with Crippen LogP contribution in [0.15, 0.2) is 61.1 Å². The van der Waals surface area contributed by atoms with E-state index in [4.69, 9.17) is 16.2 Å². The highest BCUT2D eigenvalue weighted by Crippen LogP contribution is 2.23. The van der Waals surface area contributed by atoms with Gasteiger partial charge in [-0.2, -0.15) is 0 Å². The Morgan fingerprint density at radius 2 is 1.78 bits per heavy atom. The summed E-state index contributed by atoms with van der Waals surface area (Å²) in [7, 11) is 1.63. The highest BCUT2D eigenvalue weighted by Gasteiger charge is 2.34. The molecule has 4 N–H and O–H groups in total. The van der Waals surface area contributed by atoms with Gasteiger partial charge in [0.15, 0.2) is 0 Å². The highest BCUT2D eigenvalue weighted by atomic mass is 16.5. The van der Waals surface area contributed by atoms with Crippen LogP contribution in [0.25, 0.3) is 22.2 Å². The van der Waals surface area contributed by atoms with Gasteiger partial charge in [0.25, 0.3) is 0 Å². The summed E-state index contributed by atoms with van der Waals surface area (Å²) < 4.78 is 5.43. The number of ether oxygens (including phenoxy) is 1. The number of anilines is 2. The lowest BCUT2D eigenvalue weighted by molar-refractivity contribution is -0.145. The molecule has 4 aromatic rings. The molecule has 1 atom stereocenters. The molecule has 0 radical (unpaired) electrons. The SMILES string of the molecule is COC[C@H]1C(=O)N(Cc2ccc3c(N)ncnc3c2)CCN1Cc1ccc(-c2ccnc(N)n2)cc1. The van der Waals surface area contributed by atoms with Gasteiger partial charge in [-0.15, -0.1) is 0 Å². The predicted octanol–water partition coefficient (Wildman–Crippen LogP) is 2.11. The summed E-state index contributed by atoms with van der Waals surface area (Å²) >= 11 is 0. The number of nitrogens with zero attached hydrogens (tertiary/aromatic N) is 6. The van der Waals surface area contributed by atoms with Gasteiger partial charge in [-0.25, -0.2) is 19.9 Å². The Bertz CT molecular complexity index is 1380. The Hall–Kier alpha value is -4.15. The third-order valence-corrected chi connectivity index (χ3v) is 6.43. The second-order valence-electron chi connectivity index (χ2n) is 8.81. The van der Waals surface area contributed by atoms with Gasteiger partial charge in [-0.3, -0.25) is 9.69 Å². The zero-order valence-electron chi connectivity index (χ0n) is 20.0. The van der Waals surface area contributed by atoms with E-state index in [1.807, 2.05) is 41.3 Å². The Balaban J connectivity index is 1.28. The molecule has 1 aliphatic heterocycles. The maximum absolute atomic E-state index is 13.4. The summed E-state index contributed by atoms with van der Waals surface area (Å²) in [6.07, 6.45) is 3.10. The van der Waals surface area contributed by atoms with E-state index in [1.54, 1.807) is 13.3 Å². The Morgan fingerprint density at radius 1 is 0.972 bits per heavy atom. The summed E-state index contributed by atoms with van der Waals surface area (Å²) in [5.74, 6) is 0.751. The number of carbonyl (C=O) groups is 1. The summed E-state index contributed by atoms with van der Waals surface area (Å²) in [5.41, 5.74) is 16.3. The number of methoxy groups -OCH3 is 1. The molecule has 36 heavy (non-hydrogen) atoms. The molecule has 10 nitrogen and oxygen atoms in total. The second kappa shape index (κ2) is 10.2. The van der Waals surface area contributed by atoms with Crippen LogP contribution in [0, 0.1) is 0 Å². The third kappa shape index (κ3) is 4.95. The number of carbonyl (C=O) groups excluding carboxylic acids is 1. The van der Waals surface area contributed by atoms with Gasteiger partial charge in [0.2, 0.25) is 11.9 Å². The smallest absolute Gasteiger partial charge is 0.242 e. The molecule has 2 aromatic carbocycles. The number of amides is 1. The average molecular weight is 485 g/mol. The fourth-order valence-electron chi connectivity index (χ4n) is 4.56. The lowest BCUT2D eigenvalue weighted by atomic mass is 10.1. The van der Waals surface area contributed by atoms with Crippen molar-refractivity contribution in [1.29, 1.82) is 0 Å². The molecule has 1 aliphatic rings. The minimum Gasteiger partial charge on any atom is -0.383 e. The molecule has 2 aromatic heterocycles. The molecule has 184 valence electrons. The number of fused-ring (bicyclic) bond motifs is 1. The van der Waals surface area contributed by atoms with E-state index in [0.29, 0.717) is 32.1 Å². The second-order valence-corrected chi connectivity index (χ2v) is 8.81. The average Bonchev–Trinajstić information content (AvgIpc) is 2.88. The van der Waals surface area contributed by atoms with Crippen molar-refractivity contribution in [3.8, 4) is 11.3 Å². The van der Waals surface area contributed by atoms with Crippen molar-refractivity contribution < 1.29 is 9.53 Å². The van der Waals surface area contributed by atoms with E-state index in [-0.39, 0.29) is 17.9 Å². The van der Waals surface area contributed by atoms with Gasteiger partial charge in [0.05, 0.1) is 17.8 Å². The van der Waals surface area contributed by atoms with Crippen LogP contribution in [0.4, 0.5) is 11.8 Å². The third-order valence-electron chi connectivity index (χ3n) is 6.43. The number of hydrogen-bond acceptors (Lipinski definition) is 9. The van der Waals surface area contributed by atoms with E-state index >= 15 is 0 Å². The van der Waals surface area contributed by atoms with E-state index in [9.17, 15) is 4.79 Å². The largest absolute Gasteiger partial charge is 0.383 e. The quantitative estimate of drug-likeness (QED) is 0.404. The molecule has 0 aliphatic carbocycles. The molecular weight excluding hydrogens is 456 g/mol. The van der Waals surface area contributed by atoms with Gasteiger partial charge in [-0.05, 0) is 29.3 Å². The monoisotopic (exact) mass is 484 g/mol.